The molecule has 1 aliphatic rings. The molecule has 0 aromatic carbocycles. The van der Waals surface area contributed by atoms with Gasteiger partial charge in [0.25, 0.3) is 5.56 Å². The molecule has 1 aromatic rings. The number of halogens is 1. The maximum atomic E-state index is 14.8. The van der Waals surface area contributed by atoms with Crippen molar-refractivity contribution in [3.8, 4) is 11.8 Å². The standard InChI is InChI=1S/C11H12FN3O5/c1-2-3-11(12)8(18)6(5-16)20-9(11)15-10(19)14-7(17)4-13-15/h4,6,8-9,16,18H,5H2,1H3,(H,14,17,19)/t6-,8+,9-,11?/m1/s1. The topological polar surface area (TPSA) is 117 Å². The summed E-state index contributed by atoms with van der Waals surface area (Å²) in [5.74, 6) is 4.42. The largest absolute Gasteiger partial charge is 0.394 e. The maximum Gasteiger partial charge on any atom is 0.347 e. The van der Waals surface area contributed by atoms with E-state index in [1.165, 1.54) is 6.92 Å². The third kappa shape index (κ3) is 2.14. The van der Waals surface area contributed by atoms with Gasteiger partial charge in [0, 0.05) is 0 Å². The molecular formula is C11H12FN3O5. The second-order valence-corrected chi connectivity index (χ2v) is 4.18. The molecule has 1 unspecified atom stereocenters. The second kappa shape index (κ2) is 5.16. The van der Waals surface area contributed by atoms with E-state index < -0.39 is 42.0 Å². The number of aromatic amines is 1. The molecule has 3 N–H and O–H groups in total. The van der Waals surface area contributed by atoms with Crippen molar-refractivity contribution in [3.63, 3.8) is 0 Å². The van der Waals surface area contributed by atoms with Crippen molar-refractivity contribution in [3.05, 3.63) is 27.0 Å². The first-order chi connectivity index (χ1) is 9.43. The fraction of sp³-hybridized carbons (Fsp3) is 0.545. The fourth-order valence-electron chi connectivity index (χ4n) is 1.99. The van der Waals surface area contributed by atoms with Crippen LogP contribution in [0.1, 0.15) is 13.2 Å². The van der Waals surface area contributed by atoms with Crippen LogP contribution in [0.25, 0.3) is 0 Å². The smallest absolute Gasteiger partial charge is 0.347 e. The fourth-order valence-corrected chi connectivity index (χ4v) is 1.99. The summed E-state index contributed by atoms with van der Waals surface area (Å²) >= 11 is 0. The van der Waals surface area contributed by atoms with Gasteiger partial charge in [-0.1, -0.05) is 5.92 Å². The van der Waals surface area contributed by atoms with Crippen molar-refractivity contribution in [2.75, 3.05) is 6.61 Å². The van der Waals surface area contributed by atoms with E-state index in [1.54, 1.807) is 0 Å². The van der Waals surface area contributed by atoms with Gasteiger partial charge in [0.1, 0.15) is 18.4 Å². The number of aliphatic hydroxyl groups excluding tert-OH is 2. The van der Waals surface area contributed by atoms with Crippen LogP contribution in [0.3, 0.4) is 0 Å². The van der Waals surface area contributed by atoms with E-state index in [4.69, 9.17) is 9.84 Å². The Hall–Kier alpha value is -2.02. The summed E-state index contributed by atoms with van der Waals surface area (Å²) in [4.78, 5) is 24.5. The molecule has 0 saturated carbocycles. The van der Waals surface area contributed by atoms with Crippen molar-refractivity contribution in [1.82, 2.24) is 14.8 Å². The Balaban J connectivity index is 2.55. The third-order valence-corrected chi connectivity index (χ3v) is 2.90. The lowest BCUT2D eigenvalue weighted by Crippen LogP contribution is -2.46. The highest BCUT2D eigenvalue weighted by Crippen LogP contribution is 2.40. The first-order valence-corrected chi connectivity index (χ1v) is 5.69. The van der Waals surface area contributed by atoms with Crippen LogP contribution in [-0.4, -0.2) is 49.5 Å². The lowest BCUT2D eigenvalue weighted by molar-refractivity contribution is -0.0611. The van der Waals surface area contributed by atoms with Gasteiger partial charge in [0.05, 0.1) is 6.61 Å². The predicted molar refractivity (Wildman–Crippen MR) is 63.4 cm³/mol. The van der Waals surface area contributed by atoms with Crippen molar-refractivity contribution >= 4 is 0 Å². The second-order valence-electron chi connectivity index (χ2n) is 4.18. The summed E-state index contributed by atoms with van der Waals surface area (Å²) in [7, 11) is 0. The highest BCUT2D eigenvalue weighted by Gasteiger charge is 2.58. The van der Waals surface area contributed by atoms with Crippen molar-refractivity contribution in [2.24, 2.45) is 0 Å². The van der Waals surface area contributed by atoms with Crippen LogP contribution in [0.5, 0.6) is 0 Å². The average Bonchev–Trinajstić information content (AvgIpc) is 2.63. The summed E-state index contributed by atoms with van der Waals surface area (Å²) in [6.45, 7) is 0.688. The monoisotopic (exact) mass is 285 g/mol. The van der Waals surface area contributed by atoms with Crippen LogP contribution in [0, 0.1) is 11.8 Å². The molecule has 0 aliphatic carbocycles. The molecule has 1 fully saturated rings. The zero-order chi connectivity index (χ0) is 14.9. The van der Waals surface area contributed by atoms with Gasteiger partial charge in [-0.25, -0.2) is 9.18 Å². The first kappa shape index (κ1) is 14.4. The molecule has 8 nitrogen and oxygen atoms in total. The molecule has 0 spiro atoms. The third-order valence-electron chi connectivity index (χ3n) is 2.90. The minimum atomic E-state index is -2.63. The number of H-pyrrole nitrogens is 1. The van der Waals surface area contributed by atoms with E-state index in [1.807, 2.05) is 4.98 Å². The van der Waals surface area contributed by atoms with Crippen molar-refractivity contribution in [2.45, 2.75) is 31.0 Å². The van der Waals surface area contributed by atoms with E-state index >= 15 is 0 Å². The van der Waals surface area contributed by atoms with E-state index in [-0.39, 0.29) is 0 Å². The molecule has 2 rings (SSSR count). The minimum Gasteiger partial charge on any atom is -0.394 e. The number of hydrogen-bond acceptors (Lipinski definition) is 6. The van der Waals surface area contributed by atoms with Crippen LogP contribution < -0.4 is 11.2 Å². The molecule has 0 radical (unpaired) electrons. The molecule has 0 amide bonds. The Morgan fingerprint density at radius 3 is 2.90 bits per heavy atom. The van der Waals surface area contributed by atoms with Gasteiger partial charge in [0.15, 0.2) is 0 Å². The van der Waals surface area contributed by atoms with Gasteiger partial charge in [-0.15, -0.1) is 5.92 Å². The minimum absolute atomic E-state index is 0.532. The molecular weight excluding hydrogens is 273 g/mol. The molecule has 2 heterocycles. The Labute approximate surface area is 111 Å². The Bertz CT molecular complexity index is 675. The molecule has 0 bridgehead atoms. The van der Waals surface area contributed by atoms with E-state index in [0.717, 1.165) is 6.20 Å². The highest BCUT2D eigenvalue weighted by atomic mass is 19.1. The molecule has 108 valence electrons. The molecule has 1 aliphatic heterocycles. The molecule has 9 heteroatoms. The Morgan fingerprint density at radius 2 is 2.35 bits per heavy atom. The van der Waals surface area contributed by atoms with Crippen LogP contribution in [0.2, 0.25) is 0 Å². The molecule has 4 atom stereocenters. The van der Waals surface area contributed by atoms with Gasteiger partial charge >= 0.3 is 5.69 Å². The van der Waals surface area contributed by atoms with Crippen molar-refractivity contribution < 1.29 is 19.3 Å². The van der Waals surface area contributed by atoms with Crippen LogP contribution >= 0.6 is 0 Å². The van der Waals surface area contributed by atoms with E-state index in [0.29, 0.717) is 4.68 Å². The predicted octanol–water partition coefficient (Wildman–Crippen LogP) is -2.09. The number of rotatable bonds is 2. The Kier molecular flexibility index (Phi) is 3.71. The van der Waals surface area contributed by atoms with Gasteiger partial charge in [-0.3, -0.25) is 9.78 Å². The lowest BCUT2D eigenvalue weighted by Gasteiger charge is -2.22. The van der Waals surface area contributed by atoms with Gasteiger partial charge in [-0.05, 0) is 6.92 Å². The van der Waals surface area contributed by atoms with E-state index in [2.05, 4.69) is 16.9 Å². The average molecular weight is 285 g/mol. The van der Waals surface area contributed by atoms with Crippen molar-refractivity contribution in [1.29, 1.82) is 0 Å². The summed E-state index contributed by atoms with van der Waals surface area (Å²) in [5, 5.41) is 22.4. The summed E-state index contributed by atoms with van der Waals surface area (Å²) in [5.41, 5.74) is -4.39. The SMILES string of the molecule is CC#CC1(F)[C@@H](O)[C@@H](CO)O[C@H]1n1ncc(=O)[nH]c1=O. The molecule has 1 aromatic heterocycles. The Morgan fingerprint density at radius 1 is 1.65 bits per heavy atom. The van der Waals surface area contributed by atoms with E-state index in [9.17, 15) is 19.1 Å². The summed E-state index contributed by atoms with van der Waals surface area (Å²) in [6, 6.07) is 0. The lowest BCUT2D eigenvalue weighted by atomic mass is 9.97. The van der Waals surface area contributed by atoms with Crippen LogP contribution in [0.4, 0.5) is 4.39 Å². The van der Waals surface area contributed by atoms with Gasteiger partial charge in [0.2, 0.25) is 11.9 Å². The van der Waals surface area contributed by atoms with Crippen LogP contribution in [0.15, 0.2) is 15.8 Å². The normalized spacial score (nSPS) is 32.7. The number of alkyl halides is 1. The number of hydrogen-bond donors (Lipinski definition) is 3. The number of aliphatic hydroxyl groups is 2. The summed E-state index contributed by atoms with van der Waals surface area (Å²) in [6.07, 6.45) is -3.92. The molecule has 20 heavy (non-hydrogen) atoms. The number of aromatic nitrogens is 3. The van der Waals surface area contributed by atoms with Gasteiger partial charge < -0.3 is 14.9 Å². The maximum absolute atomic E-state index is 14.8. The number of nitrogens with one attached hydrogen (secondary N) is 1. The quantitative estimate of drug-likeness (QED) is 0.537. The van der Waals surface area contributed by atoms with Gasteiger partial charge in [-0.2, -0.15) is 9.78 Å². The van der Waals surface area contributed by atoms with Crippen LogP contribution in [-0.2, 0) is 4.74 Å². The highest BCUT2D eigenvalue weighted by molar-refractivity contribution is 5.22. The zero-order valence-electron chi connectivity index (χ0n) is 10.4. The molecule has 1 saturated heterocycles. The first-order valence-electron chi connectivity index (χ1n) is 5.69. The summed E-state index contributed by atoms with van der Waals surface area (Å²) < 4.78 is 20.5. The number of ether oxygens (including phenoxy) is 1. The zero-order valence-corrected chi connectivity index (χ0v) is 10.4. The number of nitrogens with zero attached hydrogens (tertiary/aromatic N) is 2.